The Morgan fingerprint density at radius 2 is 2.00 bits per heavy atom. The minimum atomic E-state index is -1.31. The van der Waals surface area contributed by atoms with Crippen LogP contribution in [0, 0.1) is 0 Å². The van der Waals surface area contributed by atoms with Crippen LogP contribution >= 0.6 is 0 Å². The topological polar surface area (TPSA) is 155 Å². The highest BCUT2D eigenvalue weighted by Gasteiger charge is 2.33. The summed E-state index contributed by atoms with van der Waals surface area (Å²) in [5.41, 5.74) is 6.93. The van der Waals surface area contributed by atoms with Gasteiger partial charge >= 0.3 is 18.0 Å². The van der Waals surface area contributed by atoms with E-state index >= 15 is 0 Å². The van der Waals surface area contributed by atoms with E-state index in [1.54, 1.807) is 12.1 Å². The minimum Gasteiger partial charge on any atom is -0.487 e. The summed E-state index contributed by atoms with van der Waals surface area (Å²) in [6.07, 6.45) is -0.341. The van der Waals surface area contributed by atoms with Gasteiger partial charge in [0.15, 0.2) is 11.9 Å². The van der Waals surface area contributed by atoms with Crippen LogP contribution in [0.4, 0.5) is 10.5 Å². The number of nitrogens with zero attached hydrogens (tertiary/aromatic N) is 1. The molecule has 0 bridgehead atoms. The quantitative estimate of drug-likeness (QED) is 0.525. The van der Waals surface area contributed by atoms with Crippen LogP contribution in [0.3, 0.4) is 0 Å². The Balaban J connectivity index is 1.65. The van der Waals surface area contributed by atoms with Gasteiger partial charge in [-0.2, -0.15) is 0 Å². The number of nitrogens with one attached hydrogen (secondary N) is 1. The van der Waals surface area contributed by atoms with Gasteiger partial charge < -0.3 is 30.4 Å². The number of aromatic carboxylic acids is 1. The van der Waals surface area contributed by atoms with Gasteiger partial charge in [0.2, 0.25) is 0 Å². The van der Waals surface area contributed by atoms with Gasteiger partial charge in [0, 0.05) is 24.1 Å². The number of carboxylic acids is 2. The number of carbonyl (C=O) groups is 3. The van der Waals surface area contributed by atoms with Gasteiger partial charge in [-0.15, -0.1) is 0 Å². The van der Waals surface area contributed by atoms with Gasteiger partial charge in [-0.1, -0.05) is 12.1 Å². The van der Waals surface area contributed by atoms with Crippen molar-refractivity contribution in [2.75, 3.05) is 18.1 Å². The average molecular weight is 389 g/mol. The Morgan fingerprint density at radius 3 is 2.61 bits per heavy atom. The molecule has 1 saturated heterocycles. The number of hydrogen-bond donors (Lipinski definition) is 4. The summed E-state index contributed by atoms with van der Waals surface area (Å²) in [6, 6.07) is 7.16. The molecule has 0 spiro atoms. The number of carbonyl (C=O) groups excluding carboxylic acids is 1. The lowest BCUT2D eigenvalue weighted by Crippen LogP contribution is -2.26. The molecule has 1 aromatic carbocycles. The van der Waals surface area contributed by atoms with Crippen molar-refractivity contribution in [2.24, 2.45) is 5.73 Å². The van der Waals surface area contributed by atoms with Crippen LogP contribution < -0.4 is 15.4 Å². The first kappa shape index (κ1) is 19.2. The number of rotatable bonds is 8. The Morgan fingerprint density at radius 1 is 1.29 bits per heavy atom. The largest absolute Gasteiger partial charge is 0.487 e. The molecule has 0 aliphatic carbocycles. The van der Waals surface area contributed by atoms with Crippen LogP contribution in [0.1, 0.15) is 21.6 Å². The van der Waals surface area contributed by atoms with Crippen LogP contribution in [0.2, 0.25) is 0 Å². The van der Waals surface area contributed by atoms with Gasteiger partial charge in [-0.3, -0.25) is 9.69 Å². The smallest absolute Gasteiger partial charge is 0.414 e. The van der Waals surface area contributed by atoms with Crippen molar-refractivity contribution in [3.63, 3.8) is 0 Å². The van der Waals surface area contributed by atoms with Crippen molar-refractivity contribution in [3.8, 4) is 5.75 Å². The van der Waals surface area contributed by atoms with Gasteiger partial charge in [0.1, 0.15) is 12.2 Å². The lowest BCUT2D eigenvalue weighted by Gasteiger charge is -2.13. The third kappa shape index (κ3) is 4.07. The van der Waals surface area contributed by atoms with Gasteiger partial charge in [-0.05, 0) is 17.7 Å². The molecule has 1 amide bonds. The number of aliphatic carboxylic acids is 1. The van der Waals surface area contributed by atoms with E-state index < -0.39 is 30.6 Å². The average Bonchev–Trinajstić information content (AvgIpc) is 3.22. The van der Waals surface area contributed by atoms with Crippen molar-refractivity contribution >= 4 is 23.7 Å². The summed E-state index contributed by atoms with van der Waals surface area (Å²) < 4.78 is 10.8. The molecule has 1 aliphatic rings. The summed E-state index contributed by atoms with van der Waals surface area (Å²) >= 11 is 0. The second-order valence-electron chi connectivity index (χ2n) is 6.18. The lowest BCUT2D eigenvalue weighted by atomic mass is 10.2. The van der Waals surface area contributed by atoms with Gasteiger partial charge in [0.05, 0.1) is 13.0 Å². The van der Waals surface area contributed by atoms with E-state index in [-0.39, 0.29) is 30.2 Å². The van der Waals surface area contributed by atoms with Crippen LogP contribution in [-0.2, 0) is 22.5 Å². The fourth-order valence-corrected chi connectivity index (χ4v) is 2.90. The Hall–Kier alpha value is -3.53. The molecule has 1 fully saturated rings. The summed E-state index contributed by atoms with van der Waals surface area (Å²) in [6.45, 7) is 0.553. The van der Waals surface area contributed by atoms with E-state index in [0.717, 1.165) is 5.56 Å². The summed E-state index contributed by atoms with van der Waals surface area (Å²) in [4.78, 5) is 38.4. The monoisotopic (exact) mass is 389 g/mol. The zero-order valence-electron chi connectivity index (χ0n) is 14.8. The molecule has 1 aromatic heterocycles. The highest BCUT2D eigenvalue weighted by atomic mass is 16.6. The molecule has 5 N–H and O–H groups in total. The third-order valence-electron chi connectivity index (χ3n) is 4.25. The Bertz CT molecular complexity index is 891. The summed E-state index contributed by atoms with van der Waals surface area (Å²) in [5, 5.41) is 18.2. The first-order valence-electron chi connectivity index (χ1n) is 8.44. The van der Waals surface area contributed by atoms with Crippen LogP contribution in [0.25, 0.3) is 0 Å². The van der Waals surface area contributed by atoms with Crippen LogP contribution in [-0.4, -0.2) is 52.5 Å². The molecule has 10 nitrogen and oxygen atoms in total. The predicted octanol–water partition coefficient (Wildman–Crippen LogP) is 1.20. The molecule has 148 valence electrons. The van der Waals surface area contributed by atoms with Gasteiger partial charge in [0.25, 0.3) is 0 Å². The molecule has 0 radical (unpaired) electrons. The fourth-order valence-electron chi connectivity index (χ4n) is 2.90. The number of benzene rings is 1. The van der Waals surface area contributed by atoms with Gasteiger partial charge in [-0.25, -0.2) is 9.59 Å². The maximum absolute atomic E-state index is 12.1. The number of H-pyrrole nitrogens is 1. The first-order chi connectivity index (χ1) is 13.4. The maximum atomic E-state index is 12.1. The molecule has 2 aromatic rings. The van der Waals surface area contributed by atoms with Crippen LogP contribution in [0.5, 0.6) is 5.75 Å². The second-order valence-corrected chi connectivity index (χ2v) is 6.18. The molecular formula is C18H19N3O7. The number of cyclic esters (lactones) is 1. The number of anilines is 1. The van der Waals surface area contributed by atoms with E-state index in [0.29, 0.717) is 12.2 Å². The summed E-state index contributed by atoms with van der Waals surface area (Å²) in [5.74, 6) is -2.49. The number of carboxylic acid groups (broad SMARTS) is 2. The van der Waals surface area contributed by atoms with Crippen molar-refractivity contribution in [1.82, 2.24) is 4.98 Å². The van der Waals surface area contributed by atoms with E-state index in [4.69, 9.17) is 20.3 Å². The van der Waals surface area contributed by atoms with E-state index in [9.17, 15) is 19.5 Å². The highest BCUT2D eigenvalue weighted by Crippen LogP contribution is 2.26. The zero-order valence-corrected chi connectivity index (χ0v) is 14.8. The van der Waals surface area contributed by atoms with Crippen molar-refractivity contribution in [2.45, 2.75) is 19.1 Å². The van der Waals surface area contributed by atoms with Crippen molar-refractivity contribution in [1.29, 1.82) is 0 Å². The number of ether oxygens (including phenoxy) is 2. The first-order valence-corrected chi connectivity index (χ1v) is 8.44. The Labute approximate surface area is 159 Å². The molecule has 10 heteroatoms. The molecule has 28 heavy (non-hydrogen) atoms. The molecule has 3 rings (SSSR count). The van der Waals surface area contributed by atoms with Crippen molar-refractivity contribution < 1.29 is 34.1 Å². The molecular weight excluding hydrogens is 370 g/mol. The lowest BCUT2D eigenvalue weighted by molar-refractivity contribution is -0.136. The number of aromatic nitrogens is 1. The fraction of sp³-hybridized carbons (Fsp3) is 0.278. The zero-order chi connectivity index (χ0) is 20.3. The highest BCUT2D eigenvalue weighted by molar-refractivity contribution is 5.93. The van der Waals surface area contributed by atoms with E-state index in [1.165, 1.54) is 11.1 Å². The third-order valence-corrected chi connectivity index (χ3v) is 4.25. The number of nitrogens with two attached hydrogens (primary N) is 1. The molecule has 1 atom stereocenters. The standard InChI is InChI=1S/C18H19N3O7/c19-6-10-1-3-11(4-2-10)21-8-12(28-18(21)26)9-27-14-7-20-13(5-15(22)23)16(14)17(24)25/h1-4,7,12,20H,5-6,8-9,19H2,(H,22,23)(H,24,25). The summed E-state index contributed by atoms with van der Waals surface area (Å²) in [7, 11) is 0. The molecule has 0 saturated carbocycles. The van der Waals surface area contributed by atoms with E-state index in [2.05, 4.69) is 4.98 Å². The van der Waals surface area contributed by atoms with E-state index in [1.807, 2.05) is 12.1 Å². The molecule has 1 unspecified atom stereocenters. The minimum absolute atomic E-state index is 0.00875. The maximum Gasteiger partial charge on any atom is 0.414 e. The van der Waals surface area contributed by atoms with Crippen molar-refractivity contribution in [3.05, 3.63) is 47.3 Å². The molecule has 1 aliphatic heterocycles. The molecule has 2 heterocycles. The van der Waals surface area contributed by atoms with Crippen LogP contribution in [0.15, 0.2) is 30.5 Å². The number of aromatic amines is 1. The number of hydrogen-bond acceptors (Lipinski definition) is 6. The normalized spacial score (nSPS) is 16.1. The SMILES string of the molecule is NCc1ccc(N2CC(COc3c[nH]c(CC(=O)O)c3C(=O)O)OC2=O)cc1. The number of amides is 1. The Kier molecular flexibility index (Phi) is 5.50. The second kappa shape index (κ2) is 8.01. The predicted molar refractivity (Wildman–Crippen MR) is 96.5 cm³/mol.